The second-order valence-electron chi connectivity index (χ2n) is 6.45. The third-order valence-electron chi connectivity index (χ3n) is 4.07. The highest BCUT2D eigenvalue weighted by molar-refractivity contribution is 5.26. The molecule has 0 bridgehead atoms. The second kappa shape index (κ2) is 6.06. The van der Waals surface area contributed by atoms with E-state index in [9.17, 15) is 0 Å². The van der Waals surface area contributed by atoms with Crippen molar-refractivity contribution in [2.24, 2.45) is 11.7 Å². The van der Waals surface area contributed by atoms with Crippen LogP contribution in [0.2, 0.25) is 0 Å². The van der Waals surface area contributed by atoms with Gasteiger partial charge in [-0.05, 0) is 52.0 Å². The van der Waals surface area contributed by atoms with Gasteiger partial charge in [-0.15, -0.1) is 0 Å². The summed E-state index contributed by atoms with van der Waals surface area (Å²) in [5.74, 6) is 0.897. The topological polar surface area (TPSA) is 29.3 Å². The Hall–Kier alpha value is -0.860. The van der Waals surface area contributed by atoms with Crippen LogP contribution in [0.15, 0.2) is 24.3 Å². The normalized spacial score (nSPS) is 18.9. The average molecular weight is 260 g/mol. The lowest BCUT2D eigenvalue weighted by Gasteiger charge is -2.38. The van der Waals surface area contributed by atoms with Gasteiger partial charge in [-0.1, -0.05) is 29.8 Å². The van der Waals surface area contributed by atoms with Crippen LogP contribution in [0, 0.1) is 12.8 Å². The molecule has 0 saturated heterocycles. The van der Waals surface area contributed by atoms with E-state index in [-0.39, 0.29) is 6.04 Å². The zero-order valence-corrected chi connectivity index (χ0v) is 12.8. The third kappa shape index (κ3) is 3.80. The number of aryl methyl sites for hydroxylation is 1. The second-order valence-corrected chi connectivity index (χ2v) is 6.45. The highest BCUT2D eigenvalue weighted by Crippen LogP contribution is 2.35. The van der Waals surface area contributed by atoms with Gasteiger partial charge < -0.3 is 5.73 Å². The van der Waals surface area contributed by atoms with Crippen LogP contribution in [0.3, 0.4) is 0 Å². The van der Waals surface area contributed by atoms with E-state index in [0.717, 1.165) is 5.92 Å². The van der Waals surface area contributed by atoms with E-state index < -0.39 is 0 Å². The van der Waals surface area contributed by atoms with Crippen LogP contribution in [0.25, 0.3) is 0 Å². The fraction of sp³-hybridized carbons (Fsp3) is 0.647. The highest BCUT2D eigenvalue weighted by atomic mass is 15.2. The van der Waals surface area contributed by atoms with E-state index in [2.05, 4.69) is 56.9 Å². The van der Waals surface area contributed by atoms with Crippen molar-refractivity contribution < 1.29 is 0 Å². The summed E-state index contributed by atoms with van der Waals surface area (Å²) in [5.41, 5.74) is 8.99. The lowest BCUT2D eigenvalue weighted by atomic mass is 9.96. The van der Waals surface area contributed by atoms with E-state index in [1.165, 1.54) is 30.5 Å². The monoisotopic (exact) mass is 260 g/mol. The molecule has 1 aliphatic carbocycles. The largest absolute Gasteiger partial charge is 0.326 e. The predicted octanol–water partition coefficient (Wildman–Crippen LogP) is 3.50. The van der Waals surface area contributed by atoms with Crippen LogP contribution in [-0.4, -0.2) is 23.5 Å². The molecule has 2 unspecified atom stereocenters. The molecule has 2 atom stereocenters. The van der Waals surface area contributed by atoms with Gasteiger partial charge in [-0.25, -0.2) is 0 Å². The van der Waals surface area contributed by atoms with Gasteiger partial charge in [0.25, 0.3) is 0 Å². The number of hydrogen-bond donors (Lipinski definition) is 1. The molecular formula is C17H28N2. The quantitative estimate of drug-likeness (QED) is 0.848. The van der Waals surface area contributed by atoms with Gasteiger partial charge in [0.2, 0.25) is 0 Å². The van der Waals surface area contributed by atoms with E-state index in [1.807, 2.05) is 0 Å². The molecule has 0 radical (unpaired) electrons. The Balaban J connectivity index is 2.25. The summed E-state index contributed by atoms with van der Waals surface area (Å²) in [5, 5.41) is 0. The van der Waals surface area contributed by atoms with Crippen molar-refractivity contribution in [2.45, 2.75) is 58.7 Å². The van der Waals surface area contributed by atoms with Crippen LogP contribution >= 0.6 is 0 Å². The van der Waals surface area contributed by atoms with Crippen LogP contribution in [0.5, 0.6) is 0 Å². The number of nitrogens with two attached hydrogens (primary N) is 1. The molecule has 2 rings (SSSR count). The van der Waals surface area contributed by atoms with Gasteiger partial charge in [0, 0.05) is 24.7 Å². The van der Waals surface area contributed by atoms with E-state index in [1.54, 1.807) is 0 Å². The summed E-state index contributed by atoms with van der Waals surface area (Å²) in [6.45, 7) is 10.1. The van der Waals surface area contributed by atoms with Gasteiger partial charge in [0.1, 0.15) is 0 Å². The molecule has 0 amide bonds. The first-order chi connectivity index (χ1) is 8.99. The van der Waals surface area contributed by atoms with Crippen molar-refractivity contribution in [2.75, 3.05) is 6.54 Å². The molecule has 1 aromatic carbocycles. The Morgan fingerprint density at radius 2 is 1.95 bits per heavy atom. The molecule has 1 aliphatic rings. The third-order valence-corrected chi connectivity index (χ3v) is 4.07. The summed E-state index contributed by atoms with van der Waals surface area (Å²) in [7, 11) is 0. The average Bonchev–Trinajstić information content (AvgIpc) is 3.11. The van der Waals surface area contributed by atoms with Crippen LogP contribution < -0.4 is 5.73 Å². The summed E-state index contributed by atoms with van der Waals surface area (Å²) >= 11 is 0. The fourth-order valence-electron chi connectivity index (χ4n) is 2.90. The first kappa shape index (κ1) is 14.5. The first-order valence-corrected chi connectivity index (χ1v) is 7.57. The smallest absolute Gasteiger partial charge is 0.0499 e. The SMILES string of the molecule is Cc1cccc(C(C(C)N)N(CC2CC2)C(C)C)c1. The maximum atomic E-state index is 6.31. The minimum absolute atomic E-state index is 0.156. The number of rotatable bonds is 6. The van der Waals surface area contributed by atoms with E-state index in [0.29, 0.717) is 12.1 Å². The van der Waals surface area contributed by atoms with Gasteiger partial charge in [-0.3, -0.25) is 4.90 Å². The molecule has 1 saturated carbocycles. The molecule has 19 heavy (non-hydrogen) atoms. The van der Waals surface area contributed by atoms with Gasteiger partial charge >= 0.3 is 0 Å². The van der Waals surface area contributed by atoms with Crippen molar-refractivity contribution in [1.82, 2.24) is 4.90 Å². The van der Waals surface area contributed by atoms with Crippen LogP contribution in [-0.2, 0) is 0 Å². The maximum absolute atomic E-state index is 6.31. The Labute approximate surface area is 118 Å². The minimum Gasteiger partial charge on any atom is -0.326 e. The molecule has 2 N–H and O–H groups in total. The molecule has 0 spiro atoms. The van der Waals surface area contributed by atoms with Gasteiger partial charge in [-0.2, -0.15) is 0 Å². The summed E-state index contributed by atoms with van der Waals surface area (Å²) in [6.07, 6.45) is 2.78. The number of benzene rings is 1. The first-order valence-electron chi connectivity index (χ1n) is 7.57. The van der Waals surface area contributed by atoms with Gasteiger partial charge in [0.15, 0.2) is 0 Å². The van der Waals surface area contributed by atoms with E-state index in [4.69, 9.17) is 5.73 Å². The van der Waals surface area contributed by atoms with Crippen LogP contribution in [0.1, 0.15) is 50.8 Å². The molecule has 1 aromatic rings. The fourth-order valence-corrected chi connectivity index (χ4v) is 2.90. The highest BCUT2D eigenvalue weighted by Gasteiger charge is 2.32. The Bertz CT molecular complexity index is 407. The van der Waals surface area contributed by atoms with Crippen molar-refractivity contribution in [3.63, 3.8) is 0 Å². The maximum Gasteiger partial charge on any atom is 0.0499 e. The summed E-state index contributed by atoms with van der Waals surface area (Å²) in [4.78, 5) is 2.59. The standard InChI is InChI=1S/C17H28N2/c1-12(2)19(11-15-8-9-15)17(14(4)18)16-7-5-6-13(3)10-16/h5-7,10,12,14-15,17H,8-9,11,18H2,1-4H3. The molecule has 0 aromatic heterocycles. The zero-order valence-electron chi connectivity index (χ0n) is 12.8. The summed E-state index contributed by atoms with van der Waals surface area (Å²) < 4.78 is 0. The Morgan fingerprint density at radius 3 is 2.42 bits per heavy atom. The van der Waals surface area contributed by atoms with Crippen molar-refractivity contribution >= 4 is 0 Å². The Morgan fingerprint density at radius 1 is 1.26 bits per heavy atom. The minimum atomic E-state index is 0.156. The lowest BCUT2D eigenvalue weighted by molar-refractivity contribution is 0.129. The van der Waals surface area contributed by atoms with Crippen molar-refractivity contribution in [3.8, 4) is 0 Å². The van der Waals surface area contributed by atoms with Crippen molar-refractivity contribution in [3.05, 3.63) is 35.4 Å². The molecule has 0 aliphatic heterocycles. The molecule has 0 heterocycles. The zero-order chi connectivity index (χ0) is 14.0. The molecule has 2 nitrogen and oxygen atoms in total. The van der Waals surface area contributed by atoms with Gasteiger partial charge in [0.05, 0.1) is 0 Å². The van der Waals surface area contributed by atoms with Crippen LogP contribution in [0.4, 0.5) is 0 Å². The number of nitrogens with zero attached hydrogens (tertiary/aromatic N) is 1. The predicted molar refractivity (Wildman–Crippen MR) is 82.1 cm³/mol. The lowest BCUT2D eigenvalue weighted by Crippen LogP contribution is -2.44. The molecule has 2 heteroatoms. The van der Waals surface area contributed by atoms with Crippen molar-refractivity contribution in [1.29, 1.82) is 0 Å². The molecular weight excluding hydrogens is 232 g/mol. The molecule has 106 valence electrons. The number of hydrogen-bond acceptors (Lipinski definition) is 2. The Kier molecular flexibility index (Phi) is 4.64. The molecule has 1 fully saturated rings. The summed E-state index contributed by atoms with van der Waals surface area (Å²) in [6, 6.07) is 9.85. The van der Waals surface area contributed by atoms with E-state index >= 15 is 0 Å².